The number of rotatable bonds is 12. The van der Waals surface area contributed by atoms with Crippen LogP contribution in [0.4, 0.5) is 0 Å². The highest BCUT2D eigenvalue weighted by Gasteiger charge is 2.04. The topological polar surface area (TPSA) is 34.1 Å². The number of hydrogen-bond acceptors (Lipinski definition) is 3. The number of aromatic nitrogens is 1. The minimum absolute atomic E-state index is 0.352. The lowest BCUT2D eigenvalue weighted by molar-refractivity contribution is 0.293. The predicted octanol–water partition coefficient (Wildman–Crippen LogP) is 4.88. The lowest BCUT2D eigenvalue weighted by Crippen LogP contribution is -2.19. The number of nitrogens with one attached hydrogen (secondary N) is 1. The van der Waals surface area contributed by atoms with Crippen molar-refractivity contribution in [3.05, 3.63) is 23.9 Å². The van der Waals surface area contributed by atoms with Gasteiger partial charge in [-0.1, -0.05) is 52.0 Å². The Hall–Kier alpha value is -1.09. The van der Waals surface area contributed by atoms with Crippen LogP contribution in [0.1, 0.15) is 77.3 Å². The fourth-order valence-corrected chi connectivity index (χ4v) is 2.27. The second-order valence-electron chi connectivity index (χ2n) is 5.72. The molecule has 1 aromatic heterocycles. The van der Waals surface area contributed by atoms with Crippen molar-refractivity contribution in [3.63, 3.8) is 0 Å². The van der Waals surface area contributed by atoms with Gasteiger partial charge in [-0.2, -0.15) is 0 Å². The summed E-state index contributed by atoms with van der Waals surface area (Å²) >= 11 is 0. The van der Waals surface area contributed by atoms with E-state index in [9.17, 15) is 0 Å². The van der Waals surface area contributed by atoms with Crippen LogP contribution in [0.5, 0.6) is 5.88 Å². The van der Waals surface area contributed by atoms with Gasteiger partial charge in [0.05, 0.1) is 6.61 Å². The van der Waals surface area contributed by atoms with Gasteiger partial charge < -0.3 is 10.1 Å². The van der Waals surface area contributed by atoms with Gasteiger partial charge in [0, 0.05) is 18.3 Å². The van der Waals surface area contributed by atoms with Gasteiger partial charge in [0.1, 0.15) is 0 Å². The van der Waals surface area contributed by atoms with E-state index in [1.165, 1.54) is 37.7 Å². The van der Waals surface area contributed by atoms with Gasteiger partial charge in [-0.3, -0.25) is 0 Å². The second kappa shape index (κ2) is 11.6. The maximum atomic E-state index is 5.70. The Morgan fingerprint density at radius 2 is 1.81 bits per heavy atom. The third kappa shape index (κ3) is 8.05. The quantitative estimate of drug-likeness (QED) is 0.557. The molecule has 1 heterocycles. The number of nitrogens with zero attached hydrogens (tertiary/aromatic N) is 1. The summed E-state index contributed by atoms with van der Waals surface area (Å²) in [5, 5.41) is 3.46. The minimum Gasteiger partial charge on any atom is -0.478 e. The monoisotopic (exact) mass is 292 g/mol. The summed E-state index contributed by atoms with van der Waals surface area (Å²) in [6.07, 6.45) is 10.8. The molecule has 0 saturated carbocycles. The van der Waals surface area contributed by atoms with E-state index in [2.05, 4.69) is 37.1 Å². The lowest BCUT2D eigenvalue weighted by Gasteiger charge is -2.13. The van der Waals surface area contributed by atoms with Crippen molar-refractivity contribution in [3.8, 4) is 5.88 Å². The first kappa shape index (κ1) is 18.0. The molecule has 3 nitrogen and oxygen atoms in total. The molecular formula is C18H32N2O. The van der Waals surface area contributed by atoms with E-state index in [-0.39, 0.29) is 0 Å². The maximum absolute atomic E-state index is 5.70. The van der Waals surface area contributed by atoms with Gasteiger partial charge >= 0.3 is 0 Å². The molecule has 0 radical (unpaired) electrons. The molecule has 0 bridgehead atoms. The van der Waals surface area contributed by atoms with Crippen molar-refractivity contribution in [1.82, 2.24) is 10.3 Å². The van der Waals surface area contributed by atoms with Crippen molar-refractivity contribution < 1.29 is 4.74 Å². The van der Waals surface area contributed by atoms with Crippen LogP contribution >= 0.6 is 0 Å². The molecule has 0 amide bonds. The molecule has 3 heteroatoms. The minimum atomic E-state index is 0.352. The summed E-state index contributed by atoms with van der Waals surface area (Å²) in [6.45, 7) is 8.41. The summed E-state index contributed by atoms with van der Waals surface area (Å²) in [4.78, 5) is 4.39. The predicted molar refractivity (Wildman–Crippen MR) is 89.8 cm³/mol. The summed E-state index contributed by atoms with van der Waals surface area (Å²) in [6, 6.07) is 4.44. The Balaban J connectivity index is 2.19. The maximum Gasteiger partial charge on any atom is 0.213 e. The van der Waals surface area contributed by atoms with E-state index in [1.807, 2.05) is 12.3 Å². The van der Waals surface area contributed by atoms with Gasteiger partial charge in [-0.05, 0) is 31.9 Å². The smallest absolute Gasteiger partial charge is 0.213 e. The van der Waals surface area contributed by atoms with Crippen LogP contribution in [0.2, 0.25) is 0 Å². The zero-order valence-corrected chi connectivity index (χ0v) is 14.0. The van der Waals surface area contributed by atoms with Crippen LogP contribution in [0.25, 0.3) is 0 Å². The molecule has 0 spiro atoms. The zero-order valence-electron chi connectivity index (χ0n) is 14.0. The molecular weight excluding hydrogens is 260 g/mol. The summed E-state index contributed by atoms with van der Waals surface area (Å²) in [7, 11) is 0. The van der Waals surface area contributed by atoms with Crippen LogP contribution in [0, 0.1) is 0 Å². The van der Waals surface area contributed by atoms with Gasteiger partial charge in [0.25, 0.3) is 0 Å². The first-order valence-electron chi connectivity index (χ1n) is 8.60. The summed E-state index contributed by atoms with van der Waals surface area (Å²) in [5.41, 5.74) is 1.22. The van der Waals surface area contributed by atoms with E-state index in [0.717, 1.165) is 31.9 Å². The Morgan fingerprint density at radius 3 is 2.48 bits per heavy atom. The molecule has 0 saturated heterocycles. The average molecular weight is 292 g/mol. The lowest BCUT2D eigenvalue weighted by atomic mass is 10.1. The van der Waals surface area contributed by atoms with Crippen molar-refractivity contribution >= 4 is 0 Å². The summed E-state index contributed by atoms with van der Waals surface area (Å²) in [5.74, 6) is 0.745. The third-order valence-electron chi connectivity index (χ3n) is 3.71. The van der Waals surface area contributed by atoms with Crippen molar-refractivity contribution in [2.75, 3.05) is 13.2 Å². The van der Waals surface area contributed by atoms with E-state index in [1.54, 1.807) is 0 Å². The molecule has 1 aromatic rings. The highest BCUT2D eigenvalue weighted by molar-refractivity contribution is 5.20. The van der Waals surface area contributed by atoms with Gasteiger partial charge in [-0.25, -0.2) is 4.98 Å². The van der Waals surface area contributed by atoms with Crippen LogP contribution in [-0.4, -0.2) is 18.1 Å². The molecule has 21 heavy (non-hydrogen) atoms. The highest BCUT2D eigenvalue weighted by Crippen LogP contribution is 2.15. The average Bonchev–Trinajstić information content (AvgIpc) is 2.52. The Kier molecular flexibility index (Phi) is 9.88. The van der Waals surface area contributed by atoms with Crippen LogP contribution in [0.15, 0.2) is 18.3 Å². The molecule has 0 aliphatic carbocycles. The van der Waals surface area contributed by atoms with Crippen molar-refractivity contribution in [1.29, 1.82) is 0 Å². The number of pyridine rings is 1. The van der Waals surface area contributed by atoms with Crippen LogP contribution in [-0.2, 0) is 0 Å². The van der Waals surface area contributed by atoms with Crippen molar-refractivity contribution in [2.45, 2.75) is 71.8 Å². The Labute approximate surface area is 130 Å². The van der Waals surface area contributed by atoms with Crippen molar-refractivity contribution in [2.24, 2.45) is 0 Å². The van der Waals surface area contributed by atoms with E-state index in [0.29, 0.717) is 6.04 Å². The van der Waals surface area contributed by atoms with Gasteiger partial charge in [-0.15, -0.1) is 0 Å². The Morgan fingerprint density at radius 1 is 1.05 bits per heavy atom. The zero-order chi connectivity index (χ0) is 15.3. The number of unbranched alkanes of at least 4 members (excludes halogenated alkanes) is 5. The first-order valence-corrected chi connectivity index (χ1v) is 8.60. The SMILES string of the molecule is CCCCCCCCOc1ccc(C(C)NCCC)cn1. The van der Waals surface area contributed by atoms with Gasteiger partial charge in [0.15, 0.2) is 0 Å². The number of hydrogen-bond donors (Lipinski definition) is 1. The van der Waals surface area contributed by atoms with E-state index < -0.39 is 0 Å². The number of ether oxygens (including phenoxy) is 1. The highest BCUT2D eigenvalue weighted by atomic mass is 16.5. The molecule has 1 atom stereocenters. The van der Waals surface area contributed by atoms with Gasteiger partial charge in [0.2, 0.25) is 5.88 Å². The van der Waals surface area contributed by atoms with E-state index in [4.69, 9.17) is 4.74 Å². The van der Waals surface area contributed by atoms with E-state index >= 15 is 0 Å². The largest absolute Gasteiger partial charge is 0.478 e. The summed E-state index contributed by atoms with van der Waals surface area (Å²) < 4.78 is 5.70. The molecule has 0 aliphatic rings. The first-order chi connectivity index (χ1) is 10.3. The normalized spacial score (nSPS) is 12.3. The second-order valence-corrected chi connectivity index (χ2v) is 5.72. The molecule has 1 unspecified atom stereocenters. The molecule has 1 rings (SSSR count). The van der Waals surface area contributed by atoms with Crippen LogP contribution < -0.4 is 10.1 Å². The fourth-order valence-electron chi connectivity index (χ4n) is 2.27. The molecule has 120 valence electrons. The molecule has 0 fully saturated rings. The molecule has 0 aromatic carbocycles. The molecule has 1 N–H and O–H groups in total. The fraction of sp³-hybridized carbons (Fsp3) is 0.722. The van der Waals surface area contributed by atoms with Crippen LogP contribution in [0.3, 0.4) is 0 Å². The standard InChI is InChI=1S/C18H32N2O/c1-4-6-7-8-9-10-14-21-18-12-11-17(15-20-18)16(3)19-13-5-2/h11-12,15-16,19H,4-10,13-14H2,1-3H3. The molecule has 0 aliphatic heterocycles. The Bertz CT molecular complexity index is 351. The third-order valence-corrected chi connectivity index (χ3v) is 3.71.